The predicted octanol–water partition coefficient (Wildman–Crippen LogP) is 0.455. The largest absolute Gasteiger partial charge is 0.380 e. The fourth-order valence-corrected chi connectivity index (χ4v) is 1.08. The molecule has 0 fully saturated rings. The molecule has 0 saturated carbocycles. The number of rotatable bonds is 3. The summed E-state index contributed by atoms with van der Waals surface area (Å²) in [5.74, 6) is 0. The van der Waals surface area contributed by atoms with Gasteiger partial charge in [-0.1, -0.05) is 0 Å². The van der Waals surface area contributed by atoms with Gasteiger partial charge in [0.25, 0.3) is 0 Å². The number of aromatic nitrogens is 2. The van der Waals surface area contributed by atoms with Crippen LogP contribution in [0.2, 0.25) is 0 Å². The van der Waals surface area contributed by atoms with Gasteiger partial charge in [0.15, 0.2) is 0 Å². The predicted molar refractivity (Wildman–Crippen MR) is 46.6 cm³/mol. The Labute approximate surface area is 72.3 Å². The Hall–Kier alpha value is -0.870. The molecule has 0 saturated heterocycles. The fourth-order valence-electron chi connectivity index (χ4n) is 1.08. The van der Waals surface area contributed by atoms with Crippen molar-refractivity contribution < 1.29 is 4.74 Å². The second-order valence-electron chi connectivity index (χ2n) is 2.90. The van der Waals surface area contributed by atoms with Crippen molar-refractivity contribution in [2.24, 2.45) is 12.8 Å². The molecule has 1 rings (SSSR count). The Morgan fingerprint density at radius 3 is 2.75 bits per heavy atom. The number of ether oxygens (including phenoxy) is 1. The highest BCUT2D eigenvalue weighted by molar-refractivity contribution is 5.05. The van der Waals surface area contributed by atoms with Crippen molar-refractivity contribution in [2.45, 2.75) is 19.1 Å². The van der Waals surface area contributed by atoms with Crippen molar-refractivity contribution in [3.63, 3.8) is 0 Å². The van der Waals surface area contributed by atoms with Gasteiger partial charge < -0.3 is 15.0 Å². The van der Waals surface area contributed by atoms with Gasteiger partial charge in [0.2, 0.25) is 0 Å². The molecule has 0 aliphatic carbocycles. The molecule has 0 bridgehead atoms. The molecule has 1 aromatic rings. The molecule has 4 nitrogen and oxygen atoms in total. The number of methoxy groups -OCH3 is 1. The third-order valence-electron chi connectivity index (χ3n) is 2.07. The van der Waals surface area contributed by atoms with Gasteiger partial charge in [-0.15, -0.1) is 0 Å². The van der Waals surface area contributed by atoms with Gasteiger partial charge >= 0.3 is 0 Å². The Kier molecular flexibility index (Phi) is 2.83. The van der Waals surface area contributed by atoms with Crippen LogP contribution in [-0.4, -0.2) is 22.8 Å². The summed E-state index contributed by atoms with van der Waals surface area (Å²) in [4.78, 5) is 3.99. The van der Waals surface area contributed by atoms with E-state index in [1.807, 2.05) is 18.5 Å². The van der Waals surface area contributed by atoms with Crippen molar-refractivity contribution in [2.75, 3.05) is 7.11 Å². The molecule has 0 radical (unpaired) electrons. The molecule has 2 unspecified atom stereocenters. The highest BCUT2D eigenvalue weighted by atomic mass is 16.5. The fraction of sp³-hybridized carbons (Fsp3) is 0.625. The highest BCUT2D eigenvalue weighted by Gasteiger charge is 2.16. The van der Waals surface area contributed by atoms with E-state index in [1.54, 1.807) is 19.6 Å². The van der Waals surface area contributed by atoms with Gasteiger partial charge in [-0.2, -0.15) is 0 Å². The van der Waals surface area contributed by atoms with Crippen molar-refractivity contribution in [3.05, 3.63) is 18.2 Å². The van der Waals surface area contributed by atoms with E-state index in [0.717, 1.165) is 5.69 Å². The molecule has 1 aromatic heterocycles. The molecule has 2 N–H and O–H groups in total. The Bertz CT molecular complexity index is 246. The normalized spacial score (nSPS) is 16.0. The summed E-state index contributed by atoms with van der Waals surface area (Å²) < 4.78 is 7.03. The maximum absolute atomic E-state index is 5.91. The van der Waals surface area contributed by atoms with Crippen LogP contribution >= 0.6 is 0 Å². The van der Waals surface area contributed by atoms with Gasteiger partial charge in [-0.3, -0.25) is 0 Å². The van der Waals surface area contributed by atoms with E-state index < -0.39 is 0 Å². The van der Waals surface area contributed by atoms with Crippen molar-refractivity contribution in [3.8, 4) is 0 Å². The number of nitrogens with two attached hydrogens (primary N) is 1. The van der Waals surface area contributed by atoms with Crippen LogP contribution in [0.25, 0.3) is 0 Å². The minimum absolute atomic E-state index is 0.0143. The molecule has 2 atom stereocenters. The van der Waals surface area contributed by atoms with Crippen LogP contribution in [0, 0.1) is 0 Å². The van der Waals surface area contributed by atoms with Gasteiger partial charge in [0.1, 0.15) is 0 Å². The van der Waals surface area contributed by atoms with Gasteiger partial charge in [-0.05, 0) is 6.92 Å². The average Bonchev–Trinajstić information content (AvgIpc) is 2.48. The number of aryl methyl sites for hydroxylation is 1. The summed E-state index contributed by atoms with van der Waals surface area (Å²) in [6, 6.07) is -0.109. The van der Waals surface area contributed by atoms with Crippen LogP contribution in [0.15, 0.2) is 12.5 Å². The lowest BCUT2D eigenvalue weighted by atomic mass is 10.1. The van der Waals surface area contributed by atoms with E-state index in [2.05, 4.69) is 4.98 Å². The summed E-state index contributed by atoms with van der Waals surface area (Å²) >= 11 is 0. The standard InChI is InChI=1S/C8H15N3O/c1-6(12-3)8(9)7-4-10-5-11(7)2/h4-6,8H,9H2,1-3H3. The lowest BCUT2D eigenvalue weighted by molar-refractivity contribution is 0.0936. The molecule has 0 amide bonds. The van der Waals surface area contributed by atoms with Crippen molar-refractivity contribution in [1.82, 2.24) is 9.55 Å². The molecule has 4 heteroatoms. The summed E-state index contributed by atoms with van der Waals surface area (Å²) in [5.41, 5.74) is 6.90. The Morgan fingerprint density at radius 2 is 2.33 bits per heavy atom. The molecular weight excluding hydrogens is 154 g/mol. The van der Waals surface area contributed by atoms with E-state index in [1.165, 1.54) is 0 Å². The number of nitrogens with zero attached hydrogens (tertiary/aromatic N) is 2. The second-order valence-corrected chi connectivity index (χ2v) is 2.90. The van der Waals surface area contributed by atoms with E-state index >= 15 is 0 Å². The summed E-state index contributed by atoms with van der Waals surface area (Å²) in [5, 5.41) is 0. The van der Waals surface area contributed by atoms with Crippen LogP contribution in [0.5, 0.6) is 0 Å². The first-order valence-electron chi connectivity index (χ1n) is 3.91. The zero-order chi connectivity index (χ0) is 9.14. The minimum atomic E-state index is -0.109. The Balaban J connectivity index is 2.77. The van der Waals surface area contributed by atoms with E-state index in [-0.39, 0.29) is 12.1 Å². The first kappa shape index (κ1) is 9.22. The van der Waals surface area contributed by atoms with Gasteiger partial charge in [0.05, 0.1) is 24.2 Å². The number of imidazole rings is 1. The monoisotopic (exact) mass is 169 g/mol. The van der Waals surface area contributed by atoms with Crippen LogP contribution in [0.3, 0.4) is 0 Å². The van der Waals surface area contributed by atoms with Crippen LogP contribution in [0.1, 0.15) is 18.7 Å². The third kappa shape index (κ3) is 1.65. The van der Waals surface area contributed by atoms with Crippen molar-refractivity contribution in [1.29, 1.82) is 0 Å². The summed E-state index contributed by atoms with van der Waals surface area (Å²) in [6.07, 6.45) is 3.51. The molecule has 0 aliphatic rings. The average molecular weight is 169 g/mol. The van der Waals surface area contributed by atoms with E-state index in [4.69, 9.17) is 10.5 Å². The quantitative estimate of drug-likeness (QED) is 0.715. The van der Waals surface area contributed by atoms with Crippen molar-refractivity contribution >= 4 is 0 Å². The lowest BCUT2D eigenvalue weighted by Gasteiger charge is -2.18. The summed E-state index contributed by atoms with van der Waals surface area (Å²) in [6.45, 7) is 1.94. The third-order valence-corrected chi connectivity index (χ3v) is 2.07. The second kappa shape index (κ2) is 3.69. The molecule has 12 heavy (non-hydrogen) atoms. The van der Waals surface area contributed by atoms with E-state index in [9.17, 15) is 0 Å². The number of hydrogen-bond donors (Lipinski definition) is 1. The molecule has 68 valence electrons. The smallest absolute Gasteiger partial charge is 0.0946 e. The van der Waals surface area contributed by atoms with Gasteiger partial charge in [0, 0.05) is 20.4 Å². The van der Waals surface area contributed by atoms with Crippen LogP contribution < -0.4 is 5.73 Å². The topological polar surface area (TPSA) is 53.1 Å². The first-order chi connectivity index (χ1) is 5.66. The minimum Gasteiger partial charge on any atom is -0.380 e. The maximum atomic E-state index is 5.91. The highest BCUT2D eigenvalue weighted by Crippen LogP contribution is 2.14. The van der Waals surface area contributed by atoms with Crippen LogP contribution in [-0.2, 0) is 11.8 Å². The van der Waals surface area contributed by atoms with E-state index in [0.29, 0.717) is 0 Å². The lowest BCUT2D eigenvalue weighted by Crippen LogP contribution is -2.26. The zero-order valence-electron chi connectivity index (χ0n) is 7.69. The molecule has 0 aliphatic heterocycles. The molecule has 0 aromatic carbocycles. The molecular formula is C8H15N3O. The molecule has 0 spiro atoms. The number of hydrogen-bond acceptors (Lipinski definition) is 3. The van der Waals surface area contributed by atoms with Gasteiger partial charge in [-0.25, -0.2) is 4.98 Å². The zero-order valence-corrected chi connectivity index (χ0v) is 7.69. The molecule has 1 heterocycles. The SMILES string of the molecule is COC(C)C(N)c1cncn1C. The maximum Gasteiger partial charge on any atom is 0.0946 e. The van der Waals surface area contributed by atoms with Crippen LogP contribution in [0.4, 0.5) is 0 Å². The first-order valence-corrected chi connectivity index (χ1v) is 3.91. The Morgan fingerprint density at radius 1 is 1.67 bits per heavy atom. The summed E-state index contributed by atoms with van der Waals surface area (Å²) in [7, 11) is 3.57.